The average molecular weight is 447 g/mol. The Bertz CT molecular complexity index is 1220. The van der Waals surface area contributed by atoms with Crippen molar-refractivity contribution in [3.8, 4) is 22.5 Å². The molecule has 1 atom stereocenters. The number of rotatable bonds is 8. The normalized spacial score (nSPS) is 11.8. The van der Waals surface area contributed by atoms with Crippen molar-refractivity contribution in [3.63, 3.8) is 0 Å². The highest BCUT2D eigenvalue weighted by Crippen LogP contribution is 2.29. The summed E-state index contributed by atoms with van der Waals surface area (Å²) in [5.74, 6) is -1.25. The number of pyridine rings is 1. The summed E-state index contributed by atoms with van der Waals surface area (Å²) < 4.78 is 28.1. The molecule has 168 valence electrons. The molecule has 1 amide bonds. The lowest BCUT2D eigenvalue weighted by molar-refractivity contribution is 0.0934. The molecule has 0 spiro atoms. The molecule has 0 aliphatic rings. The minimum absolute atomic E-state index is 0.134. The van der Waals surface area contributed by atoms with E-state index in [-0.39, 0.29) is 28.9 Å². The summed E-state index contributed by atoms with van der Waals surface area (Å²) in [6, 6.07) is 17.5. The largest absolute Gasteiger partial charge is 0.349 e. The van der Waals surface area contributed by atoms with Gasteiger partial charge >= 0.3 is 0 Å². The Hall–Kier alpha value is -3.87. The third-order valence-corrected chi connectivity index (χ3v) is 5.40. The molecule has 5 nitrogen and oxygen atoms in total. The van der Waals surface area contributed by atoms with Gasteiger partial charge < -0.3 is 5.32 Å². The molecular weight excluding hydrogens is 422 g/mol. The Morgan fingerprint density at radius 3 is 2.61 bits per heavy atom. The zero-order valence-electron chi connectivity index (χ0n) is 18.2. The summed E-state index contributed by atoms with van der Waals surface area (Å²) in [4.78, 5) is 17.6. The van der Waals surface area contributed by atoms with E-state index in [2.05, 4.69) is 20.5 Å². The second kappa shape index (κ2) is 10.2. The second-order valence-electron chi connectivity index (χ2n) is 7.82. The zero-order chi connectivity index (χ0) is 23.2. The van der Waals surface area contributed by atoms with Crippen LogP contribution in [0.5, 0.6) is 0 Å². The molecule has 0 unspecified atom stereocenters. The summed E-state index contributed by atoms with van der Waals surface area (Å²) in [5.41, 5.74) is 2.82. The number of amides is 1. The molecule has 0 radical (unpaired) electrons. The predicted octanol–water partition coefficient (Wildman–Crippen LogP) is 5.56. The molecule has 4 rings (SSSR count). The molecule has 0 aliphatic carbocycles. The molecule has 0 aliphatic heterocycles. The second-order valence-corrected chi connectivity index (χ2v) is 7.82. The zero-order valence-corrected chi connectivity index (χ0v) is 18.2. The van der Waals surface area contributed by atoms with Crippen molar-refractivity contribution < 1.29 is 13.6 Å². The number of carbonyl (C=O) groups is 1. The average Bonchev–Trinajstić information content (AvgIpc) is 3.30. The first kappa shape index (κ1) is 22.3. The summed E-state index contributed by atoms with van der Waals surface area (Å²) in [7, 11) is 0. The molecule has 7 heteroatoms. The van der Waals surface area contributed by atoms with Crippen LogP contribution in [-0.4, -0.2) is 27.1 Å². The molecule has 0 bridgehead atoms. The molecule has 0 saturated heterocycles. The first-order chi connectivity index (χ1) is 16.0. The van der Waals surface area contributed by atoms with Gasteiger partial charge in [-0.2, -0.15) is 5.10 Å². The lowest BCUT2D eigenvalue weighted by Gasteiger charge is -2.19. The van der Waals surface area contributed by atoms with Crippen LogP contribution >= 0.6 is 0 Å². The Morgan fingerprint density at radius 2 is 1.88 bits per heavy atom. The fourth-order valence-electron chi connectivity index (χ4n) is 3.81. The summed E-state index contributed by atoms with van der Waals surface area (Å²) in [6.07, 6.45) is 3.97. The van der Waals surface area contributed by atoms with E-state index in [1.807, 2.05) is 25.1 Å². The van der Waals surface area contributed by atoms with E-state index >= 15 is 0 Å². The van der Waals surface area contributed by atoms with E-state index in [9.17, 15) is 13.6 Å². The number of hydrogen-bond acceptors (Lipinski definition) is 3. The SMILES string of the molecule is CCC[C@H](Cc1ccccn1)NC(=O)c1cccc(F)c1-c1cc(-c2ccc(F)cc2)n[nH]1. The van der Waals surface area contributed by atoms with Crippen molar-refractivity contribution in [3.05, 3.63) is 95.8 Å². The number of carbonyl (C=O) groups excluding carboxylic acids is 1. The fraction of sp³-hybridized carbons (Fsp3) is 0.192. The number of aromatic nitrogens is 3. The fourth-order valence-corrected chi connectivity index (χ4v) is 3.81. The highest BCUT2D eigenvalue weighted by Gasteiger charge is 2.21. The van der Waals surface area contributed by atoms with Crippen LogP contribution in [0.3, 0.4) is 0 Å². The highest BCUT2D eigenvalue weighted by atomic mass is 19.1. The first-order valence-electron chi connectivity index (χ1n) is 10.9. The number of hydrogen-bond donors (Lipinski definition) is 2. The van der Waals surface area contributed by atoms with Crippen molar-refractivity contribution in [1.82, 2.24) is 20.5 Å². The summed E-state index contributed by atoms with van der Waals surface area (Å²) in [5, 5.41) is 10.1. The molecular formula is C26H24F2N4O. The maximum absolute atomic E-state index is 14.9. The van der Waals surface area contributed by atoms with E-state index in [4.69, 9.17) is 0 Å². The van der Waals surface area contributed by atoms with Gasteiger partial charge in [-0.1, -0.05) is 25.5 Å². The topological polar surface area (TPSA) is 70.7 Å². The number of aromatic amines is 1. The molecule has 0 saturated carbocycles. The molecule has 0 fully saturated rings. The van der Waals surface area contributed by atoms with Crippen molar-refractivity contribution in [1.29, 1.82) is 0 Å². The van der Waals surface area contributed by atoms with Gasteiger partial charge in [0, 0.05) is 35.5 Å². The lowest BCUT2D eigenvalue weighted by atomic mass is 10.0. The monoisotopic (exact) mass is 446 g/mol. The lowest BCUT2D eigenvalue weighted by Crippen LogP contribution is -2.37. The molecule has 2 heterocycles. The maximum atomic E-state index is 14.9. The van der Waals surface area contributed by atoms with Gasteiger partial charge in [0.1, 0.15) is 11.6 Å². The van der Waals surface area contributed by atoms with E-state index in [1.54, 1.807) is 30.5 Å². The standard InChI is InChI=1S/C26H24F2N4O/c1-2-6-20(15-19-7-3-4-14-29-19)30-26(33)21-8-5-9-22(28)25(21)24-16-23(31-32-24)17-10-12-18(27)13-11-17/h3-5,7-14,16,20H,2,6,15H2,1H3,(H,30,33)(H,31,32)/t20-/m1/s1. The van der Waals surface area contributed by atoms with Gasteiger partial charge in [-0.05, 0) is 61.0 Å². The Labute approximate surface area is 190 Å². The van der Waals surface area contributed by atoms with Crippen molar-refractivity contribution in [2.24, 2.45) is 0 Å². The third-order valence-electron chi connectivity index (χ3n) is 5.40. The van der Waals surface area contributed by atoms with Crippen molar-refractivity contribution in [2.45, 2.75) is 32.2 Å². The molecule has 2 aromatic carbocycles. The van der Waals surface area contributed by atoms with Crippen LogP contribution in [0.15, 0.2) is 72.9 Å². The maximum Gasteiger partial charge on any atom is 0.252 e. The van der Waals surface area contributed by atoms with Crippen LogP contribution in [0.25, 0.3) is 22.5 Å². The number of nitrogens with one attached hydrogen (secondary N) is 2. The van der Waals surface area contributed by atoms with E-state index in [1.165, 1.54) is 24.3 Å². The van der Waals surface area contributed by atoms with Crippen LogP contribution in [-0.2, 0) is 6.42 Å². The first-order valence-corrected chi connectivity index (χ1v) is 10.9. The third kappa shape index (κ3) is 5.31. The van der Waals surface area contributed by atoms with E-state index in [0.717, 1.165) is 18.5 Å². The van der Waals surface area contributed by atoms with Gasteiger partial charge in [0.05, 0.1) is 17.0 Å². The summed E-state index contributed by atoms with van der Waals surface area (Å²) in [6.45, 7) is 2.05. The van der Waals surface area contributed by atoms with Crippen LogP contribution < -0.4 is 5.32 Å². The minimum atomic E-state index is -0.534. The van der Waals surface area contributed by atoms with E-state index < -0.39 is 5.82 Å². The highest BCUT2D eigenvalue weighted by molar-refractivity contribution is 6.01. The van der Waals surface area contributed by atoms with Gasteiger partial charge in [-0.15, -0.1) is 0 Å². The van der Waals surface area contributed by atoms with Gasteiger partial charge in [0.2, 0.25) is 0 Å². The number of nitrogens with zero attached hydrogens (tertiary/aromatic N) is 2. The van der Waals surface area contributed by atoms with Crippen LogP contribution in [0.1, 0.15) is 35.8 Å². The number of benzene rings is 2. The van der Waals surface area contributed by atoms with Gasteiger partial charge in [-0.3, -0.25) is 14.9 Å². The Balaban J connectivity index is 1.61. The van der Waals surface area contributed by atoms with Gasteiger partial charge in [0.15, 0.2) is 0 Å². The van der Waals surface area contributed by atoms with Crippen LogP contribution in [0.4, 0.5) is 8.78 Å². The number of halogens is 2. The van der Waals surface area contributed by atoms with Crippen molar-refractivity contribution in [2.75, 3.05) is 0 Å². The molecule has 2 aromatic heterocycles. The molecule has 4 aromatic rings. The van der Waals surface area contributed by atoms with Gasteiger partial charge in [-0.25, -0.2) is 8.78 Å². The van der Waals surface area contributed by atoms with Crippen LogP contribution in [0.2, 0.25) is 0 Å². The number of H-pyrrole nitrogens is 1. The van der Waals surface area contributed by atoms with Crippen molar-refractivity contribution >= 4 is 5.91 Å². The molecule has 33 heavy (non-hydrogen) atoms. The Kier molecular flexibility index (Phi) is 6.88. The predicted molar refractivity (Wildman–Crippen MR) is 123 cm³/mol. The smallest absolute Gasteiger partial charge is 0.252 e. The quantitative estimate of drug-likeness (QED) is 0.372. The van der Waals surface area contributed by atoms with Crippen LogP contribution in [0, 0.1) is 11.6 Å². The summed E-state index contributed by atoms with van der Waals surface area (Å²) >= 11 is 0. The Morgan fingerprint density at radius 1 is 1.06 bits per heavy atom. The van der Waals surface area contributed by atoms with E-state index in [0.29, 0.717) is 23.4 Å². The minimum Gasteiger partial charge on any atom is -0.349 e. The molecule has 2 N–H and O–H groups in total. The van der Waals surface area contributed by atoms with Gasteiger partial charge in [0.25, 0.3) is 5.91 Å².